The lowest BCUT2D eigenvalue weighted by molar-refractivity contribution is -0.119. The molecular formula is C32H35FN6O3. The topological polar surface area (TPSA) is 104 Å². The number of nitrogens with one attached hydrogen (secondary N) is 2. The summed E-state index contributed by atoms with van der Waals surface area (Å²) in [6.07, 6.45) is 0. The van der Waals surface area contributed by atoms with E-state index in [-0.39, 0.29) is 17.7 Å². The maximum Gasteiger partial charge on any atom is 0.251 e. The van der Waals surface area contributed by atoms with Gasteiger partial charge in [-0.1, -0.05) is 12.1 Å². The van der Waals surface area contributed by atoms with Gasteiger partial charge in [-0.2, -0.15) is 0 Å². The molecule has 42 heavy (non-hydrogen) atoms. The first-order valence-electron chi connectivity index (χ1n) is 13.8. The fourth-order valence-corrected chi connectivity index (χ4v) is 5.25. The fraction of sp³-hybridized carbons (Fsp3) is 0.281. The van der Waals surface area contributed by atoms with Gasteiger partial charge >= 0.3 is 0 Å². The molecule has 4 aromatic rings. The highest BCUT2D eigenvalue weighted by Gasteiger charge is 2.23. The van der Waals surface area contributed by atoms with Crippen molar-refractivity contribution in [1.82, 2.24) is 20.1 Å². The average molecular weight is 571 g/mol. The summed E-state index contributed by atoms with van der Waals surface area (Å²) in [6.45, 7) is 5.79. The van der Waals surface area contributed by atoms with E-state index in [4.69, 9.17) is 4.99 Å². The summed E-state index contributed by atoms with van der Waals surface area (Å²) >= 11 is 0. The summed E-state index contributed by atoms with van der Waals surface area (Å²) in [5.74, 6) is -0.833. The summed E-state index contributed by atoms with van der Waals surface area (Å²) in [5, 5.41) is 14.2. The average Bonchev–Trinajstić information content (AvgIpc) is 3.31. The van der Waals surface area contributed by atoms with Gasteiger partial charge in [0, 0.05) is 62.5 Å². The molecule has 0 atom stereocenters. The van der Waals surface area contributed by atoms with Gasteiger partial charge in [0.05, 0.1) is 29.0 Å². The van der Waals surface area contributed by atoms with Gasteiger partial charge in [-0.05, 0) is 68.1 Å². The maximum absolute atomic E-state index is 14.0. The Balaban J connectivity index is 1.52. The Bertz CT molecular complexity index is 1660. The Morgan fingerprint density at radius 2 is 1.74 bits per heavy atom. The molecule has 2 heterocycles. The lowest BCUT2D eigenvalue weighted by Gasteiger charge is -2.32. The minimum absolute atomic E-state index is 0.00841. The molecule has 1 aliphatic heterocycles. The number of aromatic amines is 1. The van der Waals surface area contributed by atoms with E-state index in [0.717, 1.165) is 31.9 Å². The molecule has 9 nitrogen and oxygen atoms in total. The molecule has 10 heteroatoms. The summed E-state index contributed by atoms with van der Waals surface area (Å²) in [4.78, 5) is 39.4. The summed E-state index contributed by atoms with van der Waals surface area (Å²) in [6, 6.07) is 16.8. The van der Waals surface area contributed by atoms with Crippen molar-refractivity contribution in [2.24, 2.45) is 4.99 Å². The molecule has 3 N–H and O–H groups in total. The van der Waals surface area contributed by atoms with Crippen LogP contribution >= 0.6 is 0 Å². The van der Waals surface area contributed by atoms with Crippen LogP contribution in [-0.4, -0.2) is 91.3 Å². The van der Waals surface area contributed by atoms with E-state index in [1.54, 1.807) is 49.3 Å². The Morgan fingerprint density at radius 1 is 1.05 bits per heavy atom. The standard InChI is InChI=1S/C32H35FN6O3/c1-20-24(6-5-7-25(20)31(41)34-2)30(29-26-13-8-21(33)18-27(26)36-32(29)42)35-22-9-11-23(12-10-22)38(4)28(40)19-39-16-14-37(3)15-17-39/h5-13,18,36,42H,14-17,19H2,1-4H3,(H,34,41). The molecule has 0 aliphatic carbocycles. The van der Waals surface area contributed by atoms with Crippen molar-refractivity contribution < 1.29 is 19.1 Å². The molecule has 0 spiro atoms. The third-order valence-electron chi connectivity index (χ3n) is 7.85. The van der Waals surface area contributed by atoms with Crippen LogP contribution in [0.5, 0.6) is 5.88 Å². The van der Waals surface area contributed by atoms with Crippen LogP contribution in [0, 0.1) is 12.7 Å². The fourth-order valence-electron chi connectivity index (χ4n) is 5.25. The number of amides is 2. The minimum atomic E-state index is -0.437. The quantitative estimate of drug-likeness (QED) is 0.291. The van der Waals surface area contributed by atoms with Crippen molar-refractivity contribution >= 4 is 39.8 Å². The first-order valence-corrected chi connectivity index (χ1v) is 13.8. The number of piperazine rings is 1. The SMILES string of the molecule is CNC(=O)c1cccc(C(=Nc2ccc(N(C)C(=O)CN3CCN(C)CC3)cc2)c2c(O)[nH]c3cc(F)ccc23)c1C. The third-order valence-corrected chi connectivity index (χ3v) is 7.85. The normalized spacial score (nSPS) is 14.7. The molecule has 0 unspecified atom stereocenters. The highest BCUT2D eigenvalue weighted by Crippen LogP contribution is 2.33. The molecule has 218 valence electrons. The Morgan fingerprint density at radius 3 is 2.43 bits per heavy atom. The van der Waals surface area contributed by atoms with Crippen LogP contribution in [0.15, 0.2) is 65.7 Å². The number of H-pyrrole nitrogens is 1. The predicted octanol–water partition coefficient (Wildman–Crippen LogP) is 4.06. The largest absolute Gasteiger partial charge is 0.494 e. The van der Waals surface area contributed by atoms with Gasteiger partial charge in [-0.3, -0.25) is 14.5 Å². The second-order valence-electron chi connectivity index (χ2n) is 10.6. The van der Waals surface area contributed by atoms with Crippen molar-refractivity contribution in [3.8, 4) is 5.88 Å². The zero-order chi connectivity index (χ0) is 30.0. The molecule has 3 aromatic carbocycles. The zero-order valence-corrected chi connectivity index (χ0v) is 24.2. The summed E-state index contributed by atoms with van der Waals surface area (Å²) in [7, 11) is 5.41. The molecule has 1 aliphatic rings. The third kappa shape index (κ3) is 5.90. The lowest BCUT2D eigenvalue weighted by Crippen LogP contribution is -2.48. The van der Waals surface area contributed by atoms with Crippen LogP contribution < -0.4 is 10.2 Å². The number of halogens is 1. The van der Waals surface area contributed by atoms with Crippen molar-refractivity contribution in [2.45, 2.75) is 6.92 Å². The molecule has 0 bridgehead atoms. The molecule has 2 amide bonds. The van der Waals surface area contributed by atoms with Crippen molar-refractivity contribution in [2.75, 3.05) is 58.8 Å². The second kappa shape index (κ2) is 12.1. The molecule has 1 saturated heterocycles. The minimum Gasteiger partial charge on any atom is -0.494 e. The van der Waals surface area contributed by atoms with Crippen LogP contribution in [0.4, 0.5) is 15.8 Å². The Hall–Kier alpha value is -4.54. The number of carbonyl (C=O) groups excluding carboxylic acids is 2. The lowest BCUT2D eigenvalue weighted by atomic mass is 9.93. The van der Waals surface area contributed by atoms with Crippen molar-refractivity contribution in [3.63, 3.8) is 0 Å². The van der Waals surface area contributed by atoms with Gasteiger partial charge in [0.15, 0.2) is 5.88 Å². The Labute approximate surface area is 244 Å². The van der Waals surface area contributed by atoms with E-state index in [2.05, 4.69) is 27.1 Å². The van der Waals surface area contributed by atoms with Crippen LogP contribution in [-0.2, 0) is 4.79 Å². The number of benzene rings is 3. The van der Waals surface area contributed by atoms with Crippen LogP contribution in [0.25, 0.3) is 10.9 Å². The molecule has 1 fully saturated rings. The van der Waals surface area contributed by atoms with Gasteiger partial charge in [0.1, 0.15) is 5.82 Å². The van der Waals surface area contributed by atoms with Gasteiger partial charge in [-0.15, -0.1) is 0 Å². The van der Waals surface area contributed by atoms with E-state index in [1.807, 2.05) is 25.1 Å². The number of hydrogen-bond donors (Lipinski definition) is 3. The van der Waals surface area contributed by atoms with Gasteiger partial charge < -0.3 is 25.2 Å². The summed E-state index contributed by atoms with van der Waals surface area (Å²) < 4.78 is 14.0. The van der Waals surface area contributed by atoms with Crippen LogP contribution in [0.1, 0.15) is 27.0 Å². The van der Waals surface area contributed by atoms with Crippen LogP contribution in [0.3, 0.4) is 0 Å². The number of anilines is 1. The number of carbonyl (C=O) groups is 2. The van der Waals surface area contributed by atoms with Crippen molar-refractivity contribution in [3.05, 3.63) is 88.7 Å². The first-order chi connectivity index (χ1) is 20.2. The molecule has 0 radical (unpaired) electrons. The highest BCUT2D eigenvalue weighted by molar-refractivity contribution is 6.23. The number of likely N-dealkylation sites (N-methyl/N-ethyl adjacent to an activating group) is 2. The number of aliphatic imine (C=N–C) groups is 1. The number of hydrogen-bond acceptors (Lipinski definition) is 6. The van der Waals surface area contributed by atoms with E-state index in [0.29, 0.717) is 51.1 Å². The zero-order valence-electron chi connectivity index (χ0n) is 24.2. The van der Waals surface area contributed by atoms with E-state index >= 15 is 0 Å². The van der Waals surface area contributed by atoms with E-state index in [1.165, 1.54) is 12.1 Å². The van der Waals surface area contributed by atoms with E-state index in [9.17, 15) is 19.1 Å². The van der Waals surface area contributed by atoms with Crippen molar-refractivity contribution in [1.29, 1.82) is 0 Å². The Kier molecular flexibility index (Phi) is 8.37. The number of rotatable bonds is 7. The number of nitrogens with zero attached hydrogens (tertiary/aromatic N) is 4. The summed E-state index contributed by atoms with van der Waals surface area (Å²) in [5.41, 5.74) is 4.34. The van der Waals surface area contributed by atoms with Gasteiger partial charge in [-0.25, -0.2) is 9.38 Å². The molecule has 5 rings (SSSR count). The number of aromatic hydroxyl groups is 1. The second-order valence-corrected chi connectivity index (χ2v) is 10.6. The predicted molar refractivity (Wildman–Crippen MR) is 164 cm³/mol. The van der Waals surface area contributed by atoms with E-state index < -0.39 is 5.82 Å². The van der Waals surface area contributed by atoms with Gasteiger partial charge in [0.2, 0.25) is 5.91 Å². The molecule has 0 saturated carbocycles. The molecule has 1 aromatic heterocycles. The molecular weight excluding hydrogens is 535 g/mol. The monoisotopic (exact) mass is 570 g/mol. The number of fused-ring (bicyclic) bond motifs is 1. The number of aromatic nitrogens is 1. The maximum atomic E-state index is 14.0. The smallest absolute Gasteiger partial charge is 0.251 e. The highest BCUT2D eigenvalue weighted by atomic mass is 19.1. The van der Waals surface area contributed by atoms with Crippen LogP contribution in [0.2, 0.25) is 0 Å². The van der Waals surface area contributed by atoms with Gasteiger partial charge in [0.25, 0.3) is 5.91 Å². The first kappa shape index (κ1) is 29.0.